The molecule has 2 atom stereocenters. The van der Waals surface area contributed by atoms with Crippen LogP contribution in [0.1, 0.15) is 36.7 Å². The number of benzene rings is 1. The highest BCUT2D eigenvalue weighted by Crippen LogP contribution is 2.36. The summed E-state index contributed by atoms with van der Waals surface area (Å²) in [5.41, 5.74) is 6.99. The van der Waals surface area contributed by atoms with Crippen LogP contribution in [0.3, 0.4) is 0 Å². The van der Waals surface area contributed by atoms with Gasteiger partial charge in [0.15, 0.2) is 17.1 Å². The Labute approximate surface area is 133 Å². The van der Waals surface area contributed by atoms with Crippen molar-refractivity contribution in [1.82, 2.24) is 0 Å². The van der Waals surface area contributed by atoms with Crippen LogP contribution in [-0.4, -0.2) is 34.9 Å². The number of Topliss-reactive ketones (excluding diaryl/α,β-unsaturated/α-hetero) is 2. The summed E-state index contributed by atoms with van der Waals surface area (Å²) in [4.78, 5) is 28.0. The Morgan fingerprint density at radius 1 is 1.48 bits per heavy atom. The largest absolute Gasteiger partial charge is 0.492 e. The van der Waals surface area contributed by atoms with Gasteiger partial charge in [-0.25, -0.2) is 0 Å². The molecule has 1 aromatic carbocycles. The lowest BCUT2D eigenvalue weighted by molar-refractivity contribution is -0.138. The Balaban J connectivity index is 2.57. The molecule has 7 nitrogen and oxygen atoms in total. The minimum atomic E-state index is -1.99. The van der Waals surface area contributed by atoms with Gasteiger partial charge >= 0.3 is 0 Å². The highest BCUT2D eigenvalue weighted by Gasteiger charge is 2.53. The smallest absolute Gasteiger partial charge is 0.185 e. The van der Waals surface area contributed by atoms with Crippen molar-refractivity contribution in [2.24, 2.45) is 10.5 Å². The van der Waals surface area contributed by atoms with Crippen LogP contribution in [0.2, 0.25) is 0 Å². The zero-order valence-corrected chi connectivity index (χ0v) is 13.5. The van der Waals surface area contributed by atoms with E-state index in [1.54, 1.807) is 45.9 Å². The van der Waals surface area contributed by atoms with Crippen molar-refractivity contribution in [2.45, 2.75) is 39.3 Å². The lowest BCUT2D eigenvalue weighted by Crippen LogP contribution is -2.59. The molecule has 0 aromatic heterocycles. The molecule has 0 unspecified atom stereocenters. The van der Waals surface area contributed by atoms with Crippen LogP contribution in [0.4, 0.5) is 0 Å². The molecule has 0 spiro atoms. The van der Waals surface area contributed by atoms with Crippen LogP contribution >= 0.6 is 0 Å². The third-order valence-electron chi connectivity index (χ3n) is 3.88. The number of aliphatic hydroxyl groups excluding tert-OH is 1. The molecular weight excluding hydrogens is 298 g/mol. The fourth-order valence-electron chi connectivity index (χ4n) is 2.47. The first-order valence-corrected chi connectivity index (χ1v) is 7.20. The third-order valence-corrected chi connectivity index (χ3v) is 3.88. The average Bonchev–Trinajstić information content (AvgIpc) is 2.48. The number of hydrogen-bond donors (Lipinski definition) is 1. The lowest BCUT2D eigenvalue weighted by atomic mass is 9.75. The van der Waals surface area contributed by atoms with Gasteiger partial charge in [-0.3, -0.25) is 9.59 Å². The van der Waals surface area contributed by atoms with Gasteiger partial charge in [0, 0.05) is 10.3 Å². The van der Waals surface area contributed by atoms with E-state index in [2.05, 4.69) is 10.0 Å². The Morgan fingerprint density at radius 2 is 2.13 bits per heavy atom. The molecule has 0 saturated heterocycles. The number of carbonyl (C=O) groups excluding carboxylic acids is 2. The molecule has 23 heavy (non-hydrogen) atoms. The summed E-state index contributed by atoms with van der Waals surface area (Å²) in [5.74, 6) is -0.844. The van der Waals surface area contributed by atoms with Crippen molar-refractivity contribution in [1.29, 1.82) is 0 Å². The molecule has 7 heteroatoms. The summed E-state index contributed by atoms with van der Waals surface area (Å²) in [5, 5.41) is 14.0. The molecule has 0 amide bonds. The maximum Gasteiger partial charge on any atom is 0.185 e. The van der Waals surface area contributed by atoms with E-state index in [4.69, 9.17) is 10.3 Å². The Hall–Kier alpha value is -2.37. The SMILES string of the molecule is Cc1ccc2c(c1)C(=O)[C@](N=[N+]=[N-])([C@H](O)C(=O)C(C)(C)C)CO2. The van der Waals surface area contributed by atoms with Gasteiger partial charge < -0.3 is 9.84 Å². The minimum absolute atomic E-state index is 0.199. The van der Waals surface area contributed by atoms with Crippen molar-refractivity contribution in [3.8, 4) is 5.75 Å². The van der Waals surface area contributed by atoms with E-state index in [9.17, 15) is 14.7 Å². The first-order chi connectivity index (χ1) is 10.6. The van der Waals surface area contributed by atoms with Crippen molar-refractivity contribution in [3.63, 3.8) is 0 Å². The number of fused-ring (bicyclic) bond motifs is 1. The van der Waals surface area contributed by atoms with Crippen molar-refractivity contribution >= 4 is 11.6 Å². The quantitative estimate of drug-likeness (QED) is 0.524. The number of azide groups is 1. The zero-order chi connectivity index (χ0) is 17.4. The number of aliphatic hydroxyl groups is 1. The van der Waals surface area contributed by atoms with Crippen LogP contribution < -0.4 is 4.74 Å². The second-order valence-corrected chi connectivity index (χ2v) is 6.75. The number of nitrogens with zero attached hydrogens (tertiary/aromatic N) is 3. The number of ether oxygens (including phenoxy) is 1. The molecule has 0 saturated carbocycles. The molecule has 1 N–H and O–H groups in total. The molecular formula is C16H19N3O4. The summed E-state index contributed by atoms with van der Waals surface area (Å²) in [6.07, 6.45) is -1.78. The predicted octanol–water partition coefficient (Wildman–Crippen LogP) is 2.60. The van der Waals surface area contributed by atoms with Gasteiger partial charge in [0.05, 0.1) is 5.56 Å². The molecule has 0 fully saturated rings. The van der Waals surface area contributed by atoms with E-state index in [1.165, 1.54) is 0 Å². The Kier molecular flexibility index (Phi) is 4.20. The van der Waals surface area contributed by atoms with Gasteiger partial charge in [-0.1, -0.05) is 37.5 Å². The number of ketones is 2. The zero-order valence-electron chi connectivity index (χ0n) is 13.5. The lowest BCUT2D eigenvalue weighted by Gasteiger charge is -2.37. The molecule has 1 aromatic rings. The maximum absolute atomic E-state index is 12.9. The standard InChI is InChI=1S/C16H19N3O4/c1-9-5-6-11-10(7-9)12(20)16(8-23-11,18-19-17)14(22)13(21)15(2,3)4/h5-7,14,22H,8H2,1-4H3/t14-,16+/m1/s1. The summed E-state index contributed by atoms with van der Waals surface area (Å²) < 4.78 is 5.50. The van der Waals surface area contributed by atoms with Crippen molar-refractivity contribution in [3.05, 3.63) is 39.8 Å². The van der Waals surface area contributed by atoms with Gasteiger partial charge in [0.1, 0.15) is 18.5 Å². The number of aryl methyl sites for hydroxylation is 1. The van der Waals surface area contributed by atoms with Gasteiger partial charge in [0.25, 0.3) is 0 Å². The second-order valence-electron chi connectivity index (χ2n) is 6.75. The number of hydrogen-bond acceptors (Lipinski definition) is 5. The predicted molar refractivity (Wildman–Crippen MR) is 83.4 cm³/mol. The molecule has 1 aliphatic rings. The van der Waals surface area contributed by atoms with Gasteiger partial charge in [0.2, 0.25) is 0 Å². The molecule has 1 aliphatic heterocycles. The molecule has 1 heterocycles. The maximum atomic E-state index is 12.9. The Morgan fingerprint density at radius 3 is 2.70 bits per heavy atom. The van der Waals surface area contributed by atoms with E-state index < -0.39 is 28.6 Å². The highest BCUT2D eigenvalue weighted by molar-refractivity contribution is 6.10. The third kappa shape index (κ3) is 2.81. The van der Waals surface area contributed by atoms with Gasteiger partial charge in [-0.2, -0.15) is 0 Å². The molecule has 2 rings (SSSR count). The minimum Gasteiger partial charge on any atom is -0.492 e. The highest BCUT2D eigenvalue weighted by atomic mass is 16.5. The van der Waals surface area contributed by atoms with Crippen LogP contribution in [0.15, 0.2) is 23.3 Å². The average molecular weight is 317 g/mol. The molecule has 0 aliphatic carbocycles. The summed E-state index contributed by atoms with van der Waals surface area (Å²) in [7, 11) is 0. The monoisotopic (exact) mass is 317 g/mol. The van der Waals surface area contributed by atoms with E-state index in [-0.39, 0.29) is 12.2 Å². The first kappa shape index (κ1) is 17.0. The summed E-state index contributed by atoms with van der Waals surface area (Å²) in [6.45, 7) is 6.28. The molecule has 122 valence electrons. The normalized spacial score (nSPS) is 21.7. The Bertz CT molecular complexity index is 717. The van der Waals surface area contributed by atoms with E-state index in [0.717, 1.165) is 5.56 Å². The second kappa shape index (κ2) is 5.68. The van der Waals surface area contributed by atoms with Gasteiger partial charge in [-0.05, 0) is 24.6 Å². The fraction of sp³-hybridized carbons (Fsp3) is 0.500. The van der Waals surface area contributed by atoms with Crippen LogP contribution in [0, 0.1) is 12.3 Å². The topological polar surface area (TPSA) is 112 Å². The number of carbonyl (C=O) groups is 2. The summed E-state index contributed by atoms with van der Waals surface area (Å²) >= 11 is 0. The van der Waals surface area contributed by atoms with Gasteiger partial charge in [-0.15, -0.1) is 0 Å². The van der Waals surface area contributed by atoms with Crippen LogP contribution in [0.25, 0.3) is 10.4 Å². The molecule has 0 radical (unpaired) electrons. The van der Waals surface area contributed by atoms with E-state index in [0.29, 0.717) is 5.75 Å². The van der Waals surface area contributed by atoms with Crippen molar-refractivity contribution in [2.75, 3.05) is 6.61 Å². The first-order valence-electron chi connectivity index (χ1n) is 7.20. The van der Waals surface area contributed by atoms with E-state index in [1.807, 2.05) is 0 Å². The summed E-state index contributed by atoms with van der Waals surface area (Å²) in [6, 6.07) is 5.01. The molecule has 0 bridgehead atoms. The van der Waals surface area contributed by atoms with E-state index >= 15 is 0 Å². The van der Waals surface area contributed by atoms with Crippen LogP contribution in [-0.2, 0) is 4.79 Å². The van der Waals surface area contributed by atoms with Crippen LogP contribution in [0.5, 0.6) is 5.75 Å². The fourth-order valence-corrected chi connectivity index (χ4v) is 2.47. The van der Waals surface area contributed by atoms with Crippen molar-refractivity contribution < 1.29 is 19.4 Å². The number of rotatable bonds is 3.